The van der Waals surface area contributed by atoms with E-state index in [1.165, 1.54) is 6.08 Å². The van der Waals surface area contributed by atoms with Crippen LogP contribution in [0.5, 0.6) is 5.75 Å². The highest BCUT2D eigenvalue weighted by atomic mass is 35.5. The van der Waals surface area contributed by atoms with Gasteiger partial charge in [0.15, 0.2) is 0 Å². The highest BCUT2D eigenvalue weighted by Crippen LogP contribution is 2.36. The summed E-state index contributed by atoms with van der Waals surface area (Å²) in [5.74, 6) is 0.418. The summed E-state index contributed by atoms with van der Waals surface area (Å²) in [5.41, 5.74) is 5.10. The molecule has 4 aromatic heterocycles. The summed E-state index contributed by atoms with van der Waals surface area (Å²) >= 11 is 6.43. The SMILES string of the molecule is C=CC(=O)N1CCc2c(C)c(-c3cc(OC(CO)c4cccnc4)c4c(Cl)cnn4c3)nn2CC1. The molecule has 4 aromatic rings. The van der Waals surface area contributed by atoms with Crippen molar-refractivity contribution in [2.45, 2.75) is 26.0 Å². The Hall–Kier alpha value is -3.69. The van der Waals surface area contributed by atoms with E-state index in [9.17, 15) is 9.90 Å². The minimum Gasteiger partial charge on any atom is -0.481 e. The Morgan fingerprint density at radius 1 is 1.34 bits per heavy atom. The van der Waals surface area contributed by atoms with E-state index in [1.807, 2.05) is 29.9 Å². The molecule has 0 fully saturated rings. The summed E-state index contributed by atoms with van der Waals surface area (Å²) in [4.78, 5) is 18.0. The Kier molecular flexibility index (Phi) is 6.27. The Balaban J connectivity index is 1.53. The first-order valence-electron chi connectivity index (χ1n) is 11.3. The lowest BCUT2D eigenvalue weighted by Crippen LogP contribution is -2.32. The van der Waals surface area contributed by atoms with Crippen molar-refractivity contribution in [1.82, 2.24) is 29.3 Å². The third-order valence-electron chi connectivity index (χ3n) is 6.30. The van der Waals surface area contributed by atoms with Gasteiger partial charge in [0, 0.05) is 54.9 Å². The second kappa shape index (κ2) is 9.52. The fourth-order valence-electron chi connectivity index (χ4n) is 4.48. The molecule has 0 radical (unpaired) electrons. The van der Waals surface area contributed by atoms with Crippen LogP contribution in [0.2, 0.25) is 5.02 Å². The summed E-state index contributed by atoms with van der Waals surface area (Å²) < 4.78 is 9.89. The van der Waals surface area contributed by atoms with Gasteiger partial charge in [0.2, 0.25) is 5.91 Å². The number of halogens is 1. The van der Waals surface area contributed by atoms with Crippen LogP contribution in [-0.4, -0.2) is 60.0 Å². The van der Waals surface area contributed by atoms with Crippen LogP contribution in [0.25, 0.3) is 16.8 Å². The van der Waals surface area contributed by atoms with Crippen molar-refractivity contribution in [1.29, 1.82) is 0 Å². The van der Waals surface area contributed by atoms with Crippen molar-refractivity contribution < 1.29 is 14.6 Å². The minimum atomic E-state index is -0.623. The number of pyridine rings is 2. The number of aromatic nitrogens is 5. The van der Waals surface area contributed by atoms with Crippen molar-refractivity contribution in [3.63, 3.8) is 0 Å². The maximum absolute atomic E-state index is 12.1. The predicted molar refractivity (Wildman–Crippen MR) is 131 cm³/mol. The number of aliphatic hydroxyl groups excluding tert-OH is 1. The number of nitrogens with zero attached hydrogens (tertiary/aromatic N) is 6. The Labute approximate surface area is 207 Å². The van der Waals surface area contributed by atoms with Crippen LogP contribution in [0.1, 0.15) is 22.9 Å². The van der Waals surface area contributed by atoms with Crippen molar-refractivity contribution in [2.24, 2.45) is 0 Å². The number of aliphatic hydroxyl groups is 1. The smallest absolute Gasteiger partial charge is 0.246 e. The number of hydrogen-bond donors (Lipinski definition) is 1. The predicted octanol–water partition coefficient (Wildman–Crippen LogP) is 3.24. The van der Waals surface area contributed by atoms with Crippen LogP contribution >= 0.6 is 11.6 Å². The molecule has 0 saturated carbocycles. The zero-order chi connectivity index (χ0) is 24.5. The lowest BCUT2D eigenvalue weighted by atomic mass is 10.1. The number of carbonyl (C=O) groups is 1. The second-order valence-electron chi connectivity index (χ2n) is 8.38. The van der Waals surface area contributed by atoms with E-state index in [4.69, 9.17) is 21.4 Å². The van der Waals surface area contributed by atoms with Gasteiger partial charge in [0.25, 0.3) is 0 Å². The fourth-order valence-corrected chi connectivity index (χ4v) is 4.70. The van der Waals surface area contributed by atoms with Gasteiger partial charge in [-0.1, -0.05) is 24.2 Å². The zero-order valence-electron chi connectivity index (χ0n) is 19.3. The molecule has 0 aromatic carbocycles. The number of rotatable bonds is 6. The molecule has 0 saturated heterocycles. The van der Waals surface area contributed by atoms with Crippen LogP contribution in [-0.2, 0) is 17.8 Å². The Morgan fingerprint density at radius 3 is 2.94 bits per heavy atom. The van der Waals surface area contributed by atoms with E-state index in [0.29, 0.717) is 42.3 Å². The molecule has 0 aliphatic carbocycles. The maximum Gasteiger partial charge on any atom is 0.246 e. The molecule has 1 aliphatic rings. The molecular weight excluding hydrogens is 468 g/mol. The third-order valence-corrected chi connectivity index (χ3v) is 6.58. The van der Waals surface area contributed by atoms with Crippen LogP contribution in [0.15, 0.2) is 55.6 Å². The van der Waals surface area contributed by atoms with E-state index < -0.39 is 6.10 Å². The summed E-state index contributed by atoms with van der Waals surface area (Å²) in [6.07, 6.45) is 8.19. The van der Waals surface area contributed by atoms with Crippen molar-refractivity contribution in [3.8, 4) is 17.0 Å². The molecule has 0 bridgehead atoms. The molecular formula is C25H25ClN6O3. The molecule has 5 rings (SSSR count). The average Bonchev–Trinajstić information content (AvgIpc) is 3.32. The van der Waals surface area contributed by atoms with Gasteiger partial charge in [0.1, 0.15) is 17.4 Å². The van der Waals surface area contributed by atoms with Crippen molar-refractivity contribution >= 4 is 23.0 Å². The molecule has 1 N–H and O–H groups in total. The number of carbonyl (C=O) groups excluding carboxylic acids is 1. The van der Waals surface area contributed by atoms with E-state index >= 15 is 0 Å². The van der Waals surface area contributed by atoms with Crippen LogP contribution in [0.4, 0.5) is 0 Å². The first-order chi connectivity index (χ1) is 17.0. The number of ether oxygens (including phenoxy) is 1. The first-order valence-corrected chi connectivity index (χ1v) is 11.7. The van der Waals surface area contributed by atoms with E-state index in [-0.39, 0.29) is 12.5 Å². The first kappa shape index (κ1) is 23.1. The van der Waals surface area contributed by atoms with E-state index in [1.54, 1.807) is 34.1 Å². The summed E-state index contributed by atoms with van der Waals surface area (Å²) in [5, 5.41) is 19.7. The van der Waals surface area contributed by atoms with Crippen LogP contribution < -0.4 is 4.74 Å². The average molecular weight is 493 g/mol. The Morgan fingerprint density at radius 2 is 2.20 bits per heavy atom. The molecule has 1 unspecified atom stereocenters. The molecule has 0 spiro atoms. The standard InChI is InChI=1S/C25H25ClN6O3/c1-3-23(34)30-8-6-20-16(2)24(29-31(20)10-9-30)18-11-21(25-19(26)13-28-32(25)14-18)35-22(15-33)17-5-4-7-27-12-17/h3-5,7,11-14,22,33H,1,6,8-10,15H2,2H3. The lowest BCUT2D eigenvalue weighted by molar-refractivity contribution is -0.126. The van der Waals surface area contributed by atoms with Gasteiger partial charge in [-0.25, -0.2) is 4.52 Å². The van der Waals surface area contributed by atoms with E-state index in [0.717, 1.165) is 28.1 Å². The largest absolute Gasteiger partial charge is 0.481 e. The molecule has 5 heterocycles. The van der Waals surface area contributed by atoms with Gasteiger partial charge in [-0.3, -0.25) is 14.5 Å². The second-order valence-corrected chi connectivity index (χ2v) is 8.78. The molecule has 10 heteroatoms. The van der Waals surface area contributed by atoms with Gasteiger partial charge < -0.3 is 14.7 Å². The summed E-state index contributed by atoms with van der Waals surface area (Å²) in [7, 11) is 0. The summed E-state index contributed by atoms with van der Waals surface area (Å²) in [6.45, 7) is 7.18. The number of hydrogen-bond acceptors (Lipinski definition) is 6. The van der Waals surface area contributed by atoms with Gasteiger partial charge in [-0.15, -0.1) is 0 Å². The third kappa shape index (κ3) is 4.28. The highest BCUT2D eigenvalue weighted by molar-refractivity contribution is 6.34. The molecule has 9 nitrogen and oxygen atoms in total. The number of fused-ring (bicyclic) bond motifs is 2. The minimum absolute atomic E-state index is 0.0662. The maximum atomic E-state index is 12.1. The van der Waals surface area contributed by atoms with Crippen LogP contribution in [0.3, 0.4) is 0 Å². The molecule has 1 amide bonds. The summed E-state index contributed by atoms with van der Waals surface area (Å²) in [6, 6.07) is 5.53. The normalized spacial score (nSPS) is 14.4. The zero-order valence-corrected chi connectivity index (χ0v) is 20.0. The quantitative estimate of drug-likeness (QED) is 0.415. The molecule has 180 valence electrons. The van der Waals surface area contributed by atoms with Crippen molar-refractivity contribution in [3.05, 3.63) is 77.5 Å². The van der Waals surface area contributed by atoms with Gasteiger partial charge >= 0.3 is 0 Å². The van der Waals surface area contributed by atoms with E-state index in [2.05, 4.69) is 16.7 Å². The van der Waals surface area contributed by atoms with Gasteiger partial charge in [-0.05, 0) is 30.7 Å². The number of amides is 1. The fraction of sp³-hybridized carbons (Fsp3) is 0.280. The molecule has 1 aliphatic heterocycles. The highest BCUT2D eigenvalue weighted by Gasteiger charge is 2.24. The lowest BCUT2D eigenvalue weighted by Gasteiger charge is -2.19. The van der Waals surface area contributed by atoms with Gasteiger partial charge in [-0.2, -0.15) is 10.2 Å². The van der Waals surface area contributed by atoms with Crippen LogP contribution in [0, 0.1) is 6.92 Å². The topological polar surface area (TPSA) is 97.8 Å². The molecule has 1 atom stereocenters. The Bertz CT molecular complexity index is 1400. The van der Waals surface area contributed by atoms with Crippen molar-refractivity contribution in [2.75, 3.05) is 19.7 Å². The van der Waals surface area contributed by atoms with Gasteiger partial charge in [0.05, 0.1) is 30.1 Å². The molecule has 35 heavy (non-hydrogen) atoms. The monoisotopic (exact) mass is 492 g/mol.